The number of ether oxygens (including phenoxy) is 1. The van der Waals surface area contributed by atoms with Crippen molar-refractivity contribution in [2.45, 2.75) is 55.4 Å². The molecule has 2 aliphatic heterocycles. The molecular weight excluding hydrogens is 434 g/mol. The van der Waals surface area contributed by atoms with Crippen LogP contribution in [0.2, 0.25) is 0 Å². The lowest BCUT2D eigenvalue weighted by Gasteiger charge is -2.38. The minimum absolute atomic E-state index is 0.552. The van der Waals surface area contributed by atoms with E-state index in [9.17, 15) is 9.90 Å². The summed E-state index contributed by atoms with van der Waals surface area (Å²) in [6.45, 7) is 19.5. The number of aryl methyl sites for hydroxylation is 2. The fourth-order valence-electron chi connectivity index (χ4n) is 3.78. The summed E-state index contributed by atoms with van der Waals surface area (Å²) in [5.41, 5.74) is 2.29. The number of fused-ring (bicyclic) bond motifs is 2. The van der Waals surface area contributed by atoms with Crippen molar-refractivity contribution in [1.82, 2.24) is 9.80 Å². The van der Waals surface area contributed by atoms with E-state index in [0.29, 0.717) is 6.54 Å². The minimum atomic E-state index is -0.754. The standard InChI is InChI=1S/C22H27N3O3S.2C2H6/c1-14-5-6-17-18(11-14)28-20-16(12-15(2)29-20)19(23-17)25-9-7-24(8-10-25)13-22(3,4)21(26)27;2*1-2/h5-6,11-12H,7-10,13H2,1-4H3,(H,26,27);2*1-2H3. The van der Waals surface area contributed by atoms with Gasteiger partial charge in [0, 0.05) is 37.6 Å². The van der Waals surface area contributed by atoms with Crippen molar-refractivity contribution in [3.63, 3.8) is 0 Å². The molecule has 1 fully saturated rings. The van der Waals surface area contributed by atoms with Crippen LogP contribution in [0.3, 0.4) is 0 Å². The highest BCUT2D eigenvalue weighted by atomic mass is 32.1. The number of carboxylic acid groups (broad SMARTS) is 1. The van der Waals surface area contributed by atoms with Crippen LogP contribution in [0.1, 0.15) is 57.5 Å². The average molecular weight is 474 g/mol. The highest BCUT2D eigenvalue weighted by Crippen LogP contribution is 2.42. The molecule has 1 saturated heterocycles. The lowest BCUT2D eigenvalue weighted by atomic mass is 9.93. The van der Waals surface area contributed by atoms with Crippen molar-refractivity contribution in [3.05, 3.63) is 40.3 Å². The van der Waals surface area contributed by atoms with E-state index in [0.717, 1.165) is 59.6 Å². The molecule has 6 nitrogen and oxygen atoms in total. The van der Waals surface area contributed by atoms with Gasteiger partial charge in [-0.3, -0.25) is 9.69 Å². The number of aliphatic carboxylic acids is 1. The Balaban J connectivity index is 0.000000914. The largest absolute Gasteiger partial charge is 0.481 e. The number of hydrogen-bond donors (Lipinski definition) is 1. The van der Waals surface area contributed by atoms with Crippen LogP contribution in [0, 0.1) is 19.3 Å². The number of piperazine rings is 1. The molecule has 182 valence electrons. The smallest absolute Gasteiger partial charge is 0.310 e. The molecule has 0 amide bonds. The third kappa shape index (κ3) is 6.36. The number of hydrogen-bond acceptors (Lipinski definition) is 6. The first-order valence-corrected chi connectivity index (χ1v) is 12.7. The SMILES string of the molecule is CC.CC.Cc1ccc2c(c1)Oc1sc(C)cc1C(N1CCN(CC(C)(C)C(=O)O)CC1)=N2. The van der Waals surface area contributed by atoms with Crippen LogP contribution in [0.5, 0.6) is 10.8 Å². The molecule has 33 heavy (non-hydrogen) atoms. The monoisotopic (exact) mass is 473 g/mol. The molecule has 0 bridgehead atoms. The molecule has 0 aliphatic carbocycles. The van der Waals surface area contributed by atoms with E-state index in [1.165, 1.54) is 4.88 Å². The van der Waals surface area contributed by atoms with Crippen LogP contribution >= 0.6 is 11.3 Å². The van der Waals surface area contributed by atoms with Gasteiger partial charge in [-0.2, -0.15) is 0 Å². The second kappa shape index (κ2) is 11.7. The van der Waals surface area contributed by atoms with Gasteiger partial charge in [-0.15, -0.1) is 11.3 Å². The Kier molecular flexibility index (Phi) is 9.49. The zero-order chi connectivity index (χ0) is 24.8. The Labute approximate surface area is 202 Å². The van der Waals surface area contributed by atoms with Gasteiger partial charge in [-0.05, 0) is 51.5 Å². The highest BCUT2D eigenvalue weighted by molar-refractivity contribution is 7.14. The van der Waals surface area contributed by atoms with E-state index in [1.54, 1.807) is 25.2 Å². The Bertz CT molecular complexity index is 973. The predicted molar refractivity (Wildman–Crippen MR) is 139 cm³/mol. The van der Waals surface area contributed by atoms with Crippen molar-refractivity contribution < 1.29 is 14.6 Å². The predicted octanol–water partition coefficient (Wildman–Crippen LogP) is 6.33. The molecule has 7 heteroatoms. The molecule has 2 aromatic rings. The maximum absolute atomic E-state index is 11.5. The van der Waals surface area contributed by atoms with E-state index in [4.69, 9.17) is 9.73 Å². The molecule has 0 unspecified atom stereocenters. The summed E-state index contributed by atoms with van der Waals surface area (Å²) in [6, 6.07) is 8.25. The van der Waals surface area contributed by atoms with Crippen LogP contribution in [0.15, 0.2) is 29.3 Å². The van der Waals surface area contributed by atoms with Gasteiger partial charge in [-0.25, -0.2) is 4.99 Å². The first-order chi connectivity index (χ1) is 15.7. The lowest BCUT2D eigenvalue weighted by Crippen LogP contribution is -2.51. The van der Waals surface area contributed by atoms with Crippen LogP contribution < -0.4 is 4.74 Å². The van der Waals surface area contributed by atoms with Crippen molar-refractivity contribution in [2.24, 2.45) is 10.4 Å². The molecule has 0 spiro atoms. The summed E-state index contributed by atoms with van der Waals surface area (Å²) in [6.07, 6.45) is 0. The van der Waals surface area contributed by atoms with Gasteiger partial charge in [0.05, 0.1) is 11.0 Å². The Morgan fingerprint density at radius 3 is 2.33 bits per heavy atom. The number of carboxylic acids is 1. The molecule has 1 N–H and O–H groups in total. The van der Waals surface area contributed by atoms with Crippen molar-refractivity contribution in [1.29, 1.82) is 0 Å². The lowest BCUT2D eigenvalue weighted by molar-refractivity contribution is -0.148. The summed E-state index contributed by atoms with van der Waals surface area (Å²) in [7, 11) is 0. The molecule has 1 aromatic heterocycles. The molecule has 0 saturated carbocycles. The summed E-state index contributed by atoms with van der Waals surface area (Å²) < 4.78 is 6.24. The quantitative estimate of drug-likeness (QED) is 0.564. The molecule has 2 aliphatic rings. The third-order valence-corrected chi connectivity index (χ3v) is 6.40. The van der Waals surface area contributed by atoms with Gasteiger partial charge in [0.1, 0.15) is 11.5 Å². The third-order valence-electron chi connectivity index (χ3n) is 5.48. The van der Waals surface area contributed by atoms with E-state index in [1.807, 2.05) is 39.8 Å². The van der Waals surface area contributed by atoms with Gasteiger partial charge in [-0.1, -0.05) is 33.8 Å². The highest BCUT2D eigenvalue weighted by Gasteiger charge is 2.33. The average Bonchev–Trinajstić information content (AvgIpc) is 3.09. The summed E-state index contributed by atoms with van der Waals surface area (Å²) in [5.74, 6) is 0.990. The van der Waals surface area contributed by atoms with Crippen molar-refractivity contribution in [3.8, 4) is 10.8 Å². The number of rotatable bonds is 3. The number of thiophene rings is 1. The van der Waals surface area contributed by atoms with Gasteiger partial charge < -0.3 is 14.7 Å². The van der Waals surface area contributed by atoms with Gasteiger partial charge in [0.15, 0.2) is 10.8 Å². The molecule has 3 heterocycles. The second-order valence-corrected chi connectivity index (χ2v) is 9.74. The number of aliphatic imine (C=N–C) groups is 1. The minimum Gasteiger partial charge on any atom is -0.481 e. The summed E-state index contributed by atoms with van der Waals surface area (Å²) in [4.78, 5) is 22.2. The number of carbonyl (C=O) groups is 1. The van der Waals surface area contributed by atoms with Gasteiger partial charge in [0.25, 0.3) is 0 Å². The van der Waals surface area contributed by atoms with E-state index in [2.05, 4.69) is 35.8 Å². The zero-order valence-corrected chi connectivity index (χ0v) is 22.2. The van der Waals surface area contributed by atoms with E-state index in [-0.39, 0.29) is 0 Å². The Hall–Kier alpha value is -2.38. The van der Waals surface area contributed by atoms with Crippen LogP contribution in [-0.4, -0.2) is 59.4 Å². The summed E-state index contributed by atoms with van der Waals surface area (Å²) >= 11 is 1.65. The van der Waals surface area contributed by atoms with Crippen molar-refractivity contribution >= 4 is 28.8 Å². The molecule has 0 atom stereocenters. The topological polar surface area (TPSA) is 65.4 Å². The first kappa shape index (κ1) is 26.9. The number of amidine groups is 1. The molecule has 4 rings (SSSR count). The normalized spacial score (nSPS) is 15.4. The van der Waals surface area contributed by atoms with Crippen LogP contribution in [0.4, 0.5) is 5.69 Å². The fourth-order valence-corrected chi connectivity index (χ4v) is 4.64. The van der Waals surface area contributed by atoms with Gasteiger partial charge >= 0.3 is 5.97 Å². The van der Waals surface area contributed by atoms with Gasteiger partial charge in [0.2, 0.25) is 0 Å². The van der Waals surface area contributed by atoms with Crippen LogP contribution in [0.25, 0.3) is 0 Å². The Morgan fingerprint density at radius 2 is 1.73 bits per heavy atom. The molecule has 0 radical (unpaired) electrons. The zero-order valence-electron chi connectivity index (χ0n) is 21.4. The van der Waals surface area contributed by atoms with E-state index >= 15 is 0 Å². The number of benzene rings is 1. The molecular formula is C26H39N3O3S. The van der Waals surface area contributed by atoms with Crippen molar-refractivity contribution in [2.75, 3.05) is 32.7 Å². The number of nitrogens with zero attached hydrogens (tertiary/aromatic N) is 3. The second-order valence-electron chi connectivity index (χ2n) is 8.52. The van der Waals surface area contributed by atoms with E-state index < -0.39 is 11.4 Å². The fraction of sp³-hybridized carbons (Fsp3) is 0.538. The first-order valence-electron chi connectivity index (χ1n) is 11.9. The van der Waals surface area contributed by atoms with Crippen LogP contribution in [-0.2, 0) is 4.79 Å². The Morgan fingerprint density at radius 1 is 1.09 bits per heavy atom. The maximum Gasteiger partial charge on any atom is 0.310 e. The summed E-state index contributed by atoms with van der Waals surface area (Å²) in [5, 5.41) is 10.3. The maximum atomic E-state index is 11.5. The molecule has 1 aromatic carbocycles.